The van der Waals surface area contributed by atoms with Crippen molar-refractivity contribution in [3.05, 3.63) is 263 Å². The lowest BCUT2D eigenvalue weighted by molar-refractivity contribution is -0.149. The normalized spacial score (nSPS) is 13.0. The molecule has 5 N–H and O–H groups in total. The first-order valence-corrected chi connectivity index (χ1v) is 42.8. The Kier molecular flexibility index (Phi) is 30.5. The summed E-state index contributed by atoms with van der Waals surface area (Å²) in [6.45, 7) is 21.8. The van der Waals surface area contributed by atoms with Crippen molar-refractivity contribution in [3.63, 3.8) is 0 Å². The molecule has 8 aromatic carbocycles. The third kappa shape index (κ3) is 28.4. The molecule has 0 saturated heterocycles. The second-order valence-electron chi connectivity index (χ2n) is 30.1. The molecule has 0 aromatic heterocycles. The van der Waals surface area contributed by atoms with Crippen LogP contribution in [0, 0.1) is 0 Å². The van der Waals surface area contributed by atoms with Gasteiger partial charge in [0.05, 0.1) is 12.7 Å². The minimum Gasteiger partial charge on any atom is -0.489 e. The molecule has 0 saturated carbocycles. The van der Waals surface area contributed by atoms with Crippen molar-refractivity contribution in [2.45, 2.75) is 180 Å². The van der Waals surface area contributed by atoms with Gasteiger partial charge in [0.15, 0.2) is 8.32 Å². The summed E-state index contributed by atoms with van der Waals surface area (Å²) in [5.74, 6) is -2.32. The van der Waals surface area contributed by atoms with Gasteiger partial charge in [0.2, 0.25) is 11.8 Å². The van der Waals surface area contributed by atoms with E-state index in [0.717, 1.165) is 22.3 Å². The number of amides is 5. The summed E-state index contributed by atoms with van der Waals surface area (Å²) in [4.78, 5) is 102. The highest BCUT2D eigenvalue weighted by Crippen LogP contribution is 2.38. The van der Waals surface area contributed by atoms with Crippen LogP contribution in [0.15, 0.2) is 218 Å². The van der Waals surface area contributed by atoms with Crippen molar-refractivity contribution >= 4 is 58.4 Å². The van der Waals surface area contributed by atoms with Gasteiger partial charge in [0, 0.05) is 40.3 Å². The van der Waals surface area contributed by atoms with Gasteiger partial charge in [-0.3, -0.25) is 9.59 Å². The molecule has 0 spiro atoms. The van der Waals surface area contributed by atoms with E-state index in [1.807, 2.05) is 240 Å². The topological polar surface area (TPSA) is 253 Å². The molecule has 0 aliphatic rings. The highest BCUT2D eigenvalue weighted by molar-refractivity contribution is 6.76. The zero-order chi connectivity index (χ0) is 77.0. The van der Waals surface area contributed by atoms with Gasteiger partial charge in [0.25, 0.3) is 0 Å². The summed E-state index contributed by atoms with van der Waals surface area (Å²) in [6.07, 6.45) is -4.12. The Morgan fingerprint density at radius 1 is 0.393 bits per heavy atom. The SMILES string of the molecule is CC(C)(C)OC(=O)N[C@@H](C[C@H](CNC(=O)OCc1ccccc1)O[Si](C)(C)C(C)(C)C)C(=O)N[C@@H](Cc1cc(-c2ccc(OCc3ccccc3)c(C[C@H](NC(=O)OCc3ccccc3)C(=O)OCC[Si](C)(C)C)c2)ccc1OCc1ccccc1)C(=O)N[C@@H](Cc1ccccc1)C(=O)OCc1ccccc1. The molecule has 0 unspecified atom stereocenters. The number of carbonyl (C=O) groups is 7. The van der Waals surface area contributed by atoms with Gasteiger partial charge in [-0.25, -0.2) is 24.0 Å². The molecule has 20 nitrogen and oxygen atoms in total. The lowest BCUT2D eigenvalue weighted by atomic mass is 9.95. The molecule has 5 atom stereocenters. The highest BCUT2D eigenvalue weighted by atomic mass is 28.4. The van der Waals surface area contributed by atoms with Crippen LogP contribution >= 0.6 is 0 Å². The maximum atomic E-state index is 15.9. The molecule has 0 bridgehead atoms. The molecule has 107 heavy (non-hydrogen) atoms. The first-order valence-electron chi connectivity index (χ1n) is 36.2. The molecule has 0 radical (unpaired) electrons. The van der Waals surface area contributed by atoms with Gasteiger partial charge in [-0.15, -0.1) is 0 Å². The Morgan fingerprint density at radius 2 is 0.776 bits per heavy atom. The first-order chi connectivity index (χ1) is 51.0. The Hall–Kier alpha value is -10.6. The summed E-state index contributed by atoms with van der Waals surface area (Å²) >= 11 is 0. The number of carbonyl (C=O) groups excluding carboxylic acids is 7. The van der Waals surface area contributed by atoms with Crippen LogP contribution in [0.1, 0.15) is 92.5 Å². The van der Waals surface area contributed by atoms with Crippen LogP contribution in [-0.2, 0) is 99.6 Å². The number of nitrogens with one attached hydrogen (secondary N) is 5. The Morgan fingerprint density at radius 3 is 1.22 bits per heavy atom. The predicted molar refractivity (Wildman–Crippen MR) is 418 cm³/mol. The Balaban J connectivity index is 1.23. The van der Waals surface area contributed by atoms with Crippen molar-refractivity contribution in [1.29, 1.82) is 0 Å². The fourth-order valence-electron chi connectivity index (χ4n) is 11.0. The highest BCUT2D eigenvalue weighted by Gasteiger charge is 2.41. The van der Waals surface area contributed by atoms with Gasteiger partial charge < -0.3 is 64.2 Å². The van der Waals surface area contributed by atoms with Crippen LogP contribution in [0.2, 0.25) is 43.8 Å². The standard InChI is InChI=1S/C85H103N5O15Si2/c1-84(2,3)104-83(97)89-72(53-70(105-107(10,11)85(4,5)6)54-86-81(95)102-58-64-38-26-16-27-39-64)78(92)87-71(77(91)88-73(48-60-30-18-12-19-31-60)80(94)101-57-63-36-24-15-25-37-63)51-68-49-66(42-44-75(68)99-55-61-32-20-13-21-33-61)67-43-45-76(100-56-62-34-22-14-23-35-62)69(50-67)52-74(79(93)98-46-47-106(7,8)9)90-82(96)103-59-65-40-28-17-29-41-65/h12-45,49-50,70-74H,46-48,51-59H2,1-11H3,(H,86,95)(H,87,92)(H,88,91)(H,89,97)(H,90,96)/t70-,71+,72+,73+,74+/m1/s1. The number of benzene rings is 8. The Labute approximate surface area is 631 Å². The van der Waals surface area contributed by atoms with Crippen LogP contribution in [0.4, 0.5) is 14.4 Å². The van der Waals surface area contributed by atoms with E-state index in [-0.39, 0.29) is 76.9 Å². The van der Waals surface area contributed by atoms with Crippen LogP contribution in [0.5, 0.6) is 11.5 Å². The van der Waals surface area contributed by atoms with Crippen LogP contribution in [0.3, 0.4) is 0 Å². The van der Waals surface area contributed by atoms with Gasteiger partial charge in [-0.2, -0.15) is 0 Å². The average molecular weight is 1490 g/mol. The van der Waals surface area contributed by atoms with E-state index < -0.39 is 94.3 Å². The van der Waals surface area contributed by atoms with E-state index >= 15 is 9.59 Å². The monoisotopic (exact) mass is 1490 g/mol. The molecule has 0 aliphatic carbocycles. The third-order valence-electron chi connectivity index (χ3n) is 17.9. The fraction of sp³-hybridized carbons (Fsp3) is 0.353. The van der Waals surface area contributed by atoms with Crippen molar-refractivity contribution in [1.82, 2.24) is 26.6 Å². The van der Waals surface area contributed by atoms with Crippen molar-refractivity contribution in [3.8, 4) is 22.6 Å². The third-order valence-corrected chi connectivity index (χ3v) is 24.1. The zero-order valence-corrected chi connectivity index (χ0v) is 65.3. The molecule has 0 fully saturated rings. The molecule has 8 rings (SSSR count). The summed E-state index contributed by atoms with van der Waals surface area (Å²) in [5, 5.41) is 14.0. The summed E-state index contributed by atoms with van der Waals surface area (Å²) in [5.41, 5.74) is 5.75. The maximum absolute atomic E-state index is 15.9. The first kappa shape index (κ1) is 82.1. The van der Waals surface area contributed by atoms with E-state index in [9.17, 15) is 24.0 Å². The lowest BCUT2D eigenvalue weighted by Crippen LogP contribution is -2.58. The van der Waals surface area contributed by atoms with E-state index in [2.05, 4.69) is 46.2 Å². The number of ether oxygens (including phenoxy) is 7. The molecule has 8 aromatic rings. The lowest BCUT2D eigenvalue weighted by Gasteiger charge is -2.40. The van der Waals surface area contributed by atoms with E-state index in [0.29, 0.717) is 50.9 Å². The van der Waals surface area contributed by atoms with Gasteiger partial charge >= 0.3 is 30.2 Å². The second kappa shape index (κ2) is 39.7. The number of rotatable bonds is 36. The number of esters is 2. The fourth-order valence-corrected chi connectivity index (χ4v) is 13.1. The molecule has 22 heteroatoms. The smallest absolute Gasteiger partial charge is 0.408 e. The van der Waals surface area contributed by atoms with Crippen LogP contribution < -0.4 is 36.1 Å². The molecule has 566 valence electrons. The van der Waals surface area contributed by atoms with E-state index in [4.69, 9.17) is 37.6 Å². The molecular formula is C85H103N5O15Si2. The number of hydrogen-bond acceptors (Lipinski definition) is 15. The number of hydrogen-bond donors (Lipinski definition) is 5. The zero-order valence-electron chi connectivity index (χ0n) is 63.3. The van der Waals surface area contributed by atoms with Crippen molar-refractivity contribution in [2.24, 2.45) is 0 Å². The van der Waals surface area contributed by atoms with Gasteiger partial charge in [0.1, 0.15) is 74.3 Å². The van der Waals surface area contributed by atoms with E-state index in [1.54, 1.807) is 32.9 Å². The molecular weight excluding hydrogens is 1390 g/mol. The summed E-state index contributed by atoms with van der Waals surface area (Å²) in [7, 11) is -4.44. The predicted octanol–water partition coefficient (Wildman–Crippen LogP) is 15.3. The maximum Gasteiger partial charge on any atom is 0.408 e. The van der Waals surface area contributed by atoms with Crippen LogP contribution in [-0.4, -0.2) is 107 Å². The summed E-state index contributed by atoms with van der Waals surface area (Å²) in [6, 6.07) is 61.7. The van der Waals surface area contributed by atoms with Crippen LogP contribution in [0.25, 0.3) is 11.1 Å². The molecule has 5 amide bonds. The van der Waals surface area contributed by atoms with Crippen molar-refractivity contribution in [2.75, 3.05) is 13.2 Å². The quantitative estimate of drug-likeness (QED) is 0.0139. The van der Waals surface area contributed by atoms with Gasteiger partial charge in [-0.05, 0) is 125 Å². The molecule has 0 heterocycles. The van der Waals surface area contributed by atoms with E-state index in [1.165, 1.54) is 0 Å². The largest absolute Gasteiger partial charge is 0.489 e. The van der Waals surface area contributed by atoms with Gasteiger partial charge in [-0.1, -0.05) is 235 Å². The second-order valence-corrected chi connectivity index (χ2v) is 40.5. The van der Waals surface area contributed by atoms with Crippen molar-refractivity contribution < 1.29 is 71.1 Å². The average Bonchev–Trinajstić information content (AvgIpc) is 0.597. The Bertz CT molecular complexity index is 4160. The minimum absolute atomic E-state index is 0.00724. The number of alkyl carbamates (subject to hydrolysis) is 3. The molecule has 0 aliphatic heterocycles. The summed E-state index contributed by atoms with van der Waals surface area (Å²) < 4.78 is 49.2. The minimum atomic E-state index is -2.76.